The van der Waals surface area contributed by atoms with Gasteiger partial charge >= 0.3 is 0 Å². The first-order valence-corrected chi connectivity index (χ1v) is 4.22. The van der Waals surface area contributed by atoms with E-state index in [2.05, 4.69) is 19.9 Å². The molecule has 0 amide bonds. The summed E-state index contributed by atoms with van der Waals surface area (Å²) in [5.74, 6) is 0.471. The van der Waals surface area contributed by atoms with Crippen LogP contribution in [0.4, 0.5) is 0 Å². The van der Waals surface area contributed by atoms with E-state index in [1.54, 1.807) is 12.3 Å². The SMILES string of the molecule is CC(C)Cn1cc(C=O)cc1C#N. The van der Waals surface area contributed by atoms with E-state index in [0.717, 1.165) is 12.8 Å². The van der Waals surface area contributed by atoms with Crippen molar-refractivity contribution in [2.45, 2.75) is 20.4 Å². The number of rotatable bonds is 3. The first kappa shape index (κ1) is 9.53. The minimum Gasteiger partial charge on any atom is -0.338 e. The normalized spacial score (nSPS) is 10.0. The number of hydrogen-bond acceptors (Lipinski definition) is 2. The summed E-state index contributed by atoms with van der Waals surface area (Å²) in [6, 6.07) is 3.67. The molecule has 0 atom stereocenters. The summed E-state index contributed by atoms with van der Waals surface area (Å²) in [5.41, 5.74) is 1.12. The number of carbonyl (C=O) groups is 1. The lowest BCUT2D eigenvalue weighted by molar-refractivity contribution is 0.112. The van der Waals surface area contributed by atoms with Gasteiger partial charge in [0.05, 0.1) is 0 Å². The third-order valence-corrected chi connectivity index (χ3v) is 1.73. The topological polar surface area (TPSA) is 45.8 Å². The highest BCUT2D eigenvalue weighted by atomic mass is 16.1. The lowest BCUT2D eigenvalue weighted by Gasteiger charge is -2.06. The van der Waals surface area contributed by atoms with Crippen LogP contribution < -0.4 is 0 Å². The summed E-state index contributed by atoms with van der Waals surface area (Å²) in [7, 11) is 0. The number of aromatic nitrogens is 1. The molecular weight excluding hydrogens is 164 g/mol. The third kappa shape index (κ3) is 2.19. The van der Waals surface area contributed by atoms with E-state index in [0.29, 0.717) is 17.2 Å². The van der Waals surface area contributed by atoms with Crippen molar-refractivity contribution < 1.29 is 4.79 Å². The minimum absolute atomic E-state index is 0.471. The van der Waals surface area contributed by atoms with Crippen molar-refractivity contribution in [2.75, 3.05) is 0 Å². The van der Waals surface area contributed by atoms with Crippen molar-refractivity contribution in [3.8, 4) is 6.07 Å². The van der Waals surface area contributed by atoms with Gasteiger partial charge in [0.25, 0.3) is 0 Å². The molecule has 1 rings (SSSR count). The molecule has 1 aromatic rings. The highest BCUT2D eigenvalue weighted by Gasteiger charge is 2.05. The van der Waals surface area contributed by atoms with Crippen LogP contribution in [0.5, 0.6) is 0 Å². The Morgan fingerprint density at radius 3 is 2.85 bits per heavy atom. The Bertz CT molecular complexity index is 344. The number of aldehydes is 1. The van der Waals surface area contributed by atoms with Gasteiger partial charge in [0, 0.05) is 18.3 Å². The molecule has 0 aliphatic carbocycles. The predicted molar refractivity (Wildman–Crippen MR) is 49.4 cm³/mol. The Kier molecular flexibility index (Phi) is 2.86. The fourth-order valence-electron chi connectivity index (χ4n) is 1.23. The molecular formula is C10H12N2O. The van der Waals surface area contributed by atoms with E-state index in [1.807, 2.05) is 4.57 Å². The molecule has 0 aliphatic heterocycles. The Morgan fingerprint density at radius 1 is 1.69 bits per heavy atom. The van der Waals surface area contributed by atoms with Crippen LogP contribution in [0.2, 0.25) is 0 Å². The Labute approximate surface area is 77.6 Å². The van der Waals surface area contributed by atoms with Crippen molar-refractivity contribution in [3.63, 3.8) is 0 Å². The number of carbonyl (C=O) groups excluding carboxylic acids is 1. The summed E-state index contributed by atoms with van der Waals surface area (Å²) in [5, 5.41) is 8.75. The van der Waals surface area contributed by atoms with Crippen LogP contribution >= 0.6 is 0 Å². The summed E-state index contributed by atoms with van der Waals surface area (Å²) < 4.78 is 1.81. The maximum atomic E-state index is 10.5. The summed E-state index contributed by atoms with van der Waals surface area (Å²) in [6.45, 7) is 4.92. The molecule has 0 aromatic carbocycles. The summed E-state index contributed by atoms with van der Waals surface area (Å²) in [4.78, 5) is 10.5. The van der Waals surface area contributed by atoms with E-state index < -0.39 is 0 Å². The molecule has 0 N–H and O–H groups in total. The zero-order valence-electron chi connectivity index (χ0n) is 7.82. The van der Waals surface area contributed by atoms with Crippen LogP contribution in [0.15, 0.2) is 12.3 Å². The van der Waals surface area contributed by atoms with Crippen molar-refractivity contribution in [2.24, 2.45) is 5.92 Å². The van der Waals surface area contributed by atoms with Gasteiger partial charge in [-0.3, -0.25) is 4.79 Å². The number of nitrogens with zero attached hydrogens (tertiary/aromatic N) is 2. The molecule has 0 bridgehead atoms. The van der Waals surface area contributed by atoms with Gasteiger partial charge in [-0.1, -0.05) is 13.8 Å². The summed E-state index contributed by atoms with van der Waals surface area (Å²) in [6.07, 6.45) is 2.48. The second-order valence-corrected chi connectivity index (χ2v) is 3.43. The first-order valence-electron chi connectivity index (χ1n) is 4.22. The fraction of sp³-hybridized carbons (Fsp3) is 0.400. The lowest BCUT2D eigenvalue weighted by atomic mass is 10.2. The lowest BCUT2D eigenvalue weighted by Crippen LogP contribution is -2.04. The first-order chi connectivity index (χ1) is 6.17. The number of hydrogen-bond donors (Lipinski definition) is 0. The Hall–Kier alpha value is -1.56. The maximum absolute atomic E-state index is 10.5. The van der Waals surface area contributed by atoms with Crippen LogP contribution in [-0.4, -0.2) is 10.9 Å². The molecule has 3 nitrogen and oxygen atoms in total. The average Bonchev–Trinajstić information content (AvgIpc) is 2.46. The van der Waals surface area contributed by atoms with Crippen molar-refractivity contribution in [1.82, 2.24) is 4.57 Å². The zero-order valence-corrected chi connectivity index (χ0v) is 7.82. The molecule has 0 spiro atoms. The standard InChI is InChI=1S/C10H12N2O/c1-8(2)5-12-6-9(7-13)3-10(12)4-11/h3,6-8H,5H2,1-2H3. The van der Waals surface area contributed by atoms with Gasteiger partial charge in [0.2, 0.25) is 0 Å². The van der Waals surface area contributed by atoms with E-state index in [-0.39, 0.29) is 0 Å². The highest BCUT2D eigenvalue weighted by molar-refractivity contribution is 5.75. The Morgan fingerprint density at radius 2 is 2.38 bits per heavy atom. The van der Waals surface area contributed by atoms with Crippen molar-refractivity contribution in [3.05, 3.63) is 23.5 Å². The maximum Gasteiger partial charge on any atom is 0.151 e. The molecule has 0 unspecified atom stereocenters. The molecule has 3 heteroatoms. The molecule has 68 valence electrons. The molecule has 0 radical (unpaired) electrons. The monoisotopic (exact) mass is 176 g/mol. The molecule has 13 heavy (non-hydrogen) atoms. The molecule has 1 aromatic heterocycles. The minimum atomic E-state index is 0.471. The largest absolute Gasteiger partial charge is 0.338 e. The second-order valence-electron chi connectivity index (χ2n) is 3.43. The van der Waals surface area contributed by atoms with Gasteiger partial charge < -0.3 is 4.57 Å². The fourth-order valence-corrected chi connectivity index (χ4v) is 1.23. The zero-order chi connectivity index (χ0) is 9.84. The van der Waals surface area contributed by atoms with Gasteiger partial charge in [-0.25, -0.2) is 0 Å². The van der Waals surface area contributed by atoms with Gasteiger partial charge in [0.1, 0.15) is 11.8 Å². The van der Waals surface area contributed by atoms with Gasteiger partial charge in [-0.15, -0.1) is 0 Å². The van der Waals surface area contributed by atoms with Crippen LogP contribution in [0.25, 0.3) is 0 Å². The summed E-state index contributed by atoms with van der Waals surface area (Å²) >= 11 is 0. The Balaban J connectivity index is 2.98. The van der Waals surface area contributed by atoms with E-state index >= 15 is 0 Å². The van der Waals surface area contributed by atoms with Crippen molar-refractivity contribution in [1.29, 1.82) is 5.26 Å². The molecule has 0 aliphatic rings. The quantitative estimate of drug-likeness (QED) is 0.659. The van der Waals surface area contributed by atoms with E-state index in [4.69, 9.17) is 5.26 Å². The molecule has 0 saturated heterocycles. The number of nitriles is 1. The third-order valence-electron chi connectivity index (χ3n) is 1.73. The van der Waals surface area contributed by atoms with Crippen LogP contribution in [-0.2, 0) is 6.54 Å². The second kappa shape index (κ2) is 3.90. The van der Waals surface area contributed by atoms with Crippen molar-refractivity contribution >= 4 is 6.29 Å². The molecule has 0 fully saturated rings. The van der Waals surface area contributed by atoms with E-state index in [1.165, 1.54) is 0 Å². The molecule has 1 heterocycles. The molecule has 0 saturated carbocycles. The van der Waals surface area contributed by atoms with E-state index in [9.17, 15) is 4.79 Å². The highest BCUT2D eigenvalue weighted by Crippen LogP contribution is 2.08. The van der Waals surface area contributed by atoms with Gasteiger partial charge in [0.15, 0.2) is 6.29 Å². The van der Waals surface area contributed by atoms with Crippen LogP contribution in [0, 0.1) is 17.2 Å². The smallest absolute Gasteiger partial charge is 0.151 e. The van der Waals surface area contributed by atoms with Gasteiger partial charge in [-0.2, -0.15) is 5.26 Å². The van der Waals surface area contributed by atoms with Crippen LogP contribution in [0.1, 0.15) is 29.9 Å². The van der Waals surface area contributed by atoms with Crippen LogP contribution in [0.3, 0.4) is 0 Å². The van der Waals surface area contributed by atoms with Gasteiger partial charge in [-0.05, 0) is 12.0 Å². The predicted octanol–water partition coefficient (Wildman–Crippen LogP) is 1.83. The average molecular weight is 176 g/mol.